The van der Waals surface area contributed by atoms with Gasteiger partial charge in [-0.1, -0.05) is 28.1 Å². The van der Waals surface area contributed by atoms with E-state index in [2.05, 4.69) is 45.3 Å². The molecule has 0 unspecified atom stereocenters. The molecule has 1 aliphatic heterocycles. The first-order chi connectivity index (χ1) is 10.0. The molecule has 2 aromatic rings. The van der Waals surface area contributed by atoms with Crippen molar-refractivity contribution in [2.45, 2.75) is 13.0 Å². The van der Waals surface area contributed by atoms with Crippen LogP contribution < -0.4 is 10.2 Å². The lowest BCUT2D eigenvalue weighted by molar-refractivity contribution is 0.586. The maximum Gasteiger partial charge on any atom is 0.150 e. The summed E-state index contributed by atoms with van der Waals surface area (Å²) in [5.74, 6) is -1.19. The van der Waals surface area contributed by atoms with Gasteiger partial charge in [-0.05, 0) is 35.7 Å². The fraction of sp³-hybridized carbons (Fsp3) is 0.250. The van der Waals surface area contributed by atoms with Crippen LogP contribution in [-0.4, -0.2) is 13.6 Å². The lowest BCUT2D eigenvalue weighted by Gasteiger charge is -2.13. The van der Waals surface area contributed by atoms with E-state index in [-0.39, 0.29) is 5.69 Å². The average Bonchev–Trinajstić information content (AvgIpc) is 2.79. The van der Waals surface area contributed by atoms with Crippen LogP contribution in [0.4, 0.5) is 20.2 Å². The number of halogens is 3. The van der Waals surface area contributed by atoms with E-state index < -0.39 is 11.6 Å². The third-order valence-electron chi connectivity index (χ3n) is 3.75. The Labute approximate surface area is 130 Å². The van der Waals surface area contributed by atoms with E-state index in [9.17, 15) is 8.78 Å². The highest BCUT2D eigenvalue weighted by Crippen LogP contribution is 2.28. The van der Waals surface area contributed by atoms with Crippen molar-refractivity contribution in [2.24, 2.45) is 0 Å². The molecule has 110 valence electrons. The molecule has 0 bridgehead atoms. The van der Waals surface area contributed by atoms with Crippen molar-refractivity contribution < 1.29 is 8.78 Å². The number of anilines is 2. The van der Waals surface area contributed by atoms with Crippen LogP contribution in [0.1, 0.15) is 11.1 Å². The molecule has 2 aromatic carbocycles. The number of hydrogen-bond donors (Lipinski definition) is 1. The van der Waals surface area contributed by atoms with Crippen LogP contribution in [0, 0.1) is 11.6 Å². The number of benzene rings is 2. The molecule has 21 heavy (non-hydrogen) atoms. The number of nitrogens with one attached hydrogen (secondary N) is 1. The molecule has 1 aliphatic rings. The minimum atomic E-state index is -0.595. The molecule has 3 rings (SSSR count). The molecule has 0 saturated heterocycles. The van der Waals surface area contributed by atoms with Gasteiger partial charge < -0.3 is 10.2 Å². The Morgan fingerprint density at radius 3 is 2.62 bits per heavy atom. The molecule has 1 heterocycles. The Kier molecular flexibility index (Phi) is 3.85. The SMILES string of the molecule is CN1CCc2cc(CNc3c(F)cc(Br)cc3F)ccc21. The van der Waals surface area contributed by atoms with E-state index >= 15 is 0 Å². The molecule has 0 radical (unpaired) electrons. The molecule has 1 N–H and O–H groups in total. The summed E-state index contributed by atoms with van der Waals surface area (Å²) in [7, 11) is 2.07. The van der Waals surface area contributed by atoms with Gasteiger partial charge in [-0.25, -0.2) is 8.78 Å². The third kappa shape index (κ3) is 2.88. The summed E-state index contributed by atoms with van der Waals surface area (Å²) in [5.41, 5.74) is 3.45. The maximum absolute atomic E-state index is 13.7. The summed E-state index contributed by atoms with van der Waals surface area (Å²) in [6.07, 6.45) is 1.01. The van der Waals surface area contributed by atoms with Crippen LogP contribution >= 0.6 is 15.9 Å². The number of hydrogen-bond acceptors (Lipinski definition) is 2. The first-order valence-corrected chi connectivity index (χ1v) is 7.55. The van der Waals surface area contributed by atoms with Crippen LogP contribution in [0.2, 0.25) is 0 Å². The lowest BCUT2D eigenvalue weighted by atomic mass is 10.1. The first-order valence-electron chi connectivity index (χ1n) is 6.76. The Bertz CT molecular complexity index is 665. The normalized spacial score (nSPS) is 13.4. The van der Waals surface area contributed by atoms with Gasteiger partial charge in [0.1, 0.15) is 17.3 Å². The second-order valence-electron chi connectivity index (χ2n) is 5.23. The van der Waals surface area contributed by atoms with E-state index in [0.29, 0.717) is 11.0 Å². The molecule has 5 heteroatoms. The zero-order valence-electron chi connectivity index (χ0n) is 11.6. The van der Waals surface area contributed by atoms with Crippen LogP contribution in [0.3, 0.4) is 0 Å². The minimum absolute atomic E-state index is 0.0872. The van der Waals surface area contributed by atoms with Crippen LogP contribution in [-0.2, 0) is 13.0 Å². The number of rotatable bonds is 3. The van der Waals surface area contributed by atoms with Gasteiger partial charge in [-0.3, -0.25) is 0 Å². The van der Waals surface area contributed by atoms with Gasteiger partial charge in [0.2, 0.25) is 0 Å². The van der Waals surface area contributed by atoms with Crippen molar-refractivity contribution in [3.05, 3.63) is 57.6 Å². The predicted octanol–water partition coefficient (Wildman–Crippen LogP) is 4.33. The van der Waals surface area contributed by atoms with Crippen molar-refractivity contribution in [3.8, 4) is 0 Å². The van der Waals surface area contributed by atoms with Crippen LogP contribution in [0.15, 0.2) is 34.8 Å². The summed E-state index contributed by atoms with van der Waals surface area (Å²) in [6, 6.07) is 8.66. The summed E-state index contributed by atoms with van der Waals surface area (Å²) in [5, 5.41) is 2.84. The predicted molar refractivity (Wildman–Crippen MR) is 84.8 cm³/mol. The average molecular weight is 353 g/mol. The molecule has 0 amide bonds. The van der Waals surface area contributed by atoms with Gasteiger partial charge in [-0.2, -0.15) is 0 Å². The molecule has 0 spiro atoms. The van der Waals surface area contributed by atoms with Crippen molar-refractivity contribution in [1.82, 2.24) is 0 Å². The molecular formula is C16H15BrF2N2. The topological polar surface area (TPSA) is 15.3 Å². The second kappa shape index (κ2) is 5.64. The molecule has 0 saturated carbocycles. The van der Waals surface area contributed by atoms with E-state index in [0.717, 1.165) is 18.5 Å². The fourth-order valence-corrected chi connectivity index (χ4v) is 3.03. The standard InChI is InChI=1S/C16H15BrF2N2/c1-21-5-4-11-6-10(2-3-15(11)21)9-20-16-13(18)7-12(17)8-14(16)19/h2-3,6-8,20H,4-5,9H2,1H3. The number of likely N-dealkylation sites (N-methyl/N-ethyl adjacent to an activating group) is 1. The van der Waals surface area contributed by atoms with Gasteiger partial charge >= 0.3 is 0 Å². The molecule has 0 aromatic heterocycles. The summed E-state index contributed by atoms with van der Waals surface area (Å²) in [6.45, 7) is 1.41. The zero-order chi connectivity index (χ0) is 15.0. The highest BCUT2D eigenvalue weighted by molar-refractivity contribution is 9.10. The van der Waals surface area contributed by atoms with Gasteiger partial charge in [-0.15, -0.1) is 0 Å². The van der Waals surface area contributed by atoms with Crippen LogP contribution in [0.25, 0.3) is 0 Å². The van der Waals surface area contributed by atoms with Gasteiger partial charge in [0.25, 0.3) is 0 Å². The van der Waals surface area contributed by atoms with Crippen molar-refractivity contribution in [3.63, 3.8) is 0 Å². The second-order valence-corrected chi connectivity index (χ2v) is 6.15. The van der Waals surface area contributed by atoms with E-state index in [1.165, 1.54) is 23.4 Å². The summed E-state index contributed by atoms with van der Waals surface area (Å²) >= 11 is 3.07. The van der Waals surface area contributed by atoms with Gasteiger partial charge in [0, 0.05) is 30.3 Å². The smallest absolute Gasteiger partial charge is 0.150 e. The largest absolute Gasteiger partial charge is 0.376 e. The molecule has 0 fully saturated rings. The highest BCUT2D eigenvalue weighted by Gasteiger charge is 2.16. The monoisotopic (exact) mass is 352 g/mol. The Morgan fingerprint density at radius 2 is 1.90 bits per heavy atom. The van der Waals surface area contributed by atoms with Crippen LogP contribution in [0.5, 0.6) is 0 Å². The quantitative estimate of drug-likeness (QED) is 0.884. The van der Waals surface area contributed by atoms with Gasteiger partial charge in [0.05, 0.1) is 0 Å². The minimum Gasteiger partial charge on any atom is -0.376 e. The van der Waals surface area contributed by atoms with Crippen molar-refractivity contribution in [1.29, 1.82) is 0 Å². The van der Waals surface area contributed by atoms with E-state index in [1.54, 1.807) is 0 Å². The lowest BCUT2D eigenvalue weighted by Crippen LogP contribution is -2.12. The van der Waals surface area contributed by atoms with Gasteiger partial charge in [0.15, 0.2) is 0 Å². The Hall–Kier alpha value is -1.62. The van der Waals surface area contributed by atoms with Crippen molar-refractivity contribution >= 4 is 27.3 Å². The zero-order valence-corrected chi connectivity index (χ0v) is 13.2. The maximum atomic E-state index is 13.7. The first kappa shape index (κ1) is 14.3. The molecule has 0 atom stereocenters. The molecule has 2 nitrogen and oxygen atoms in total. The highest BCUT2D eigenvalue weighted by atomic mass is 79.9. The third-order valence-corrected chi connectivity index (χ3v) is 4.21. The Morgan fingerprint density at radius 1 is 1.19 bits per heavy atom. The number of nitrogens with zero attached hydrogens (tertiary/aromatic N) is 1. The number of fused-ring (bicyclic) bond motifs is 1. The Balaban J connectivity index is 1.77. The van der Waals surface area contributed by atoms with E-state index in [4.69, 9.17) is 0 Å². The molecule has 0 aliphatic carbocycles. The summed E-state index contributed by atoms with van der Waals surface area (Å²) in [4.78, 5) is 2.21. The fourth-order valence-electron chi connectivity index (χ4n) is 2.63. The summed E-state index contributed by atoms with van der Waals surface area (Å²) < 4.78 is 27.9. The van der Waals surface area contributed by atoms with E-state index in [1.807, 2.05) is 6.07 Å². The molecular weight excluding hydrogens is 338 g/mol. The van der Waals surface area contributed by atoms with Crippen molar-refractivity contribution in [2.75, 3.05) is 23.8 Å².